The van der Waals surface area contributed by atoms with Gasteiger partial charge in [-0.1, -0.05) is 35.9 Å². The summed E-state index contributed by atoms with van der Waals surface area (Å²) in [4.78, 5) is 16.5. The highest BCUT2D eigenvalue weighted by atomic mass is 35.5. The predicted octanol–water partition coefficient (Wildman–Crippen LogP) is 3.70. The van der Waals surface area contributed by atoms with Crippen LogP contribution in [0.2, 0.25) is 5.02 Å². The molecule has 0 unspecified atom stereocenters. The highest BCUT2D eigenvalue weighted by Crippen LogP contribution is 2.20. The topological polar surface area (TPSA) is 44.8 Å². The molecule has 0 atom stereocenters. The van der Waals surface area contributed by atoms with E-state index in [-0.39, 0.29) is 6.03 Å². The largest absolute Gasteiger partial charge is 0.496 e. The molecule has 25 heavy (non-hydrogen) atoms. The Morgan fingerprint density at radius 3 is 2.60 bits per heavy atom. The van der Waals surface area contributed by atoms with Crippen LogP contribution in [-0.2, 0) is 6.54 Å². The average molecular weight is 360 g/mol. The number of methoxy groups -OCH3 is 1. The number of amides is 2. The zero-order valence-electron chi connectivity index (χ0n) is 14.2. The monoisotopic (exact) mass is 359 g/mol. The first-order valence-corrected chi connectivity index (χ1v) is 8.69. The van der Waals surface area contributed by atoms with Gasteiger partial charge < -0.3 is 15.0 Å². The second-order valence-electron chi connectivity index (χ2n) is 6.02. The SMILES string of the molecule is COc1ccccc1CN1CCN(C(=O)Nc2cccc(Cl)c2)CC1. The van der Waals surface area contributed by atoms with E-state index in [2.05, 4.69) is 16.3 Å². The number of nitrogens with one attached hydrogen (secondary N) is 1. The number of hydrogen-bond donors (Lipinski definition) is 1. The number of ether oxygens (including phenoxy) is 1. The second-order valence-corrected chi connectivity index (χ2v) is 6.45. The summed E-state index contributed by atoms with van der Waals surface area (Å²) in [7, 11) is 1.69. The summed E-state index contributed by atoms with van der Waals surface area (Å²) in [5, 5.41) is 3.51. The number of para-hydroxylation sites is 1. The molecule has 0 aromatic heterocycles. The predicted molar refractivity (Wildman–Crippen MR) is 100 cm³/mol. The molecule has 0 saturated carbocycles. The second kappa shape index (κ2) is 8.23. The molecule has 0 bridgehead atoms. The molecule has 132 valence electrons. The molecule has 1 aliphatic rings. The van der Waals surface area contributed by atoms with Crippen LogP contribution in [0.3, 0.4) is 0 Å². The summed E-state index contributed by atoms with van der Waals surface area (Å²) in [6.45, 7) is 3.89. The summed E-state index contributed by atoms with van der Waals surface area (Å²) in [6.07, 6.45) is 0. The Kier molecular flexibility index (Phi) is 5.79. The summed E-state index contributed by atoms with van der Waals surface area (Å²) >= 11 is 5.95. The van der Waals surface area contributed by atoms with Crippen molar-refractivity contribution in [3.05, 3.63) is 59.1 Å². The molecule has 1 heterocycles. The number of nitrogens with zero attached hydrogens (tertiary/aromatic N) is 2. The third kappa shape index (κ3) is 4.65. The smallest absolute Gasteiger partial charge is 0.321 e. The van der Waals surface area contributed by atoms with Gasteiger partial charge in [0, 0.05) is 49.0 Å². The van der Waals surface area contributed by atoms with Crippen LogP contribution >= 0.6 is 11.6 Å². The molecule has 0 aliphatic carbocycles. The lowest BCUT2D eigenvalue weighted by molar-refractivity contribution is 0.142. The van der Waals surface area contributed by atoms with E-state index in [0.29, 0.717) is 23.8 Å². The molecule has 0 radical (unpaired) electrons. The Morgan fingerprint density at radius 2 is 1.88 bits per heavy atom. The third-order valence-electron chi connectivity index (χ3n) is 4.32. The lowest BCUT2D eigenvalue weighted by Crippen LogP contribution is -2.49. The minimum atomic E-state index is -0.0841. The van der Waals surface area contributed by atoms with E-state index < -0.39 is 0 Å². The number of urea groups is 1. The maximum absolute atomic E-state index is 12.4. The lowest BCUT2D eigenvalue weighted by atomic mass is 10.1. The van der Waals surface area contributed by atoms with E-state index in [1.54, 1.807) is 19.2 Å². The molecular formula is C19H22ClN3O2. The zero-order valence-corrected chi connectivity index (χ0v) is 15.0. The summed E-state index contributed by atoms with van der Waals surface area (Å²) < 4.78 is 5.41. The first-order chi connectivity index (χ1) is 12.2. The Labute approximate surface area is 153 Å². The van der Waals surface area contributed by atoms with Crippen molar-refractivity contribution in [3.8, 4) is 5.75 Å². The Balaban J connectivity index is 1.52. The molecule has 2 amide bonds. The molecule has 1 saturated heterocycles. The van der Waals surface area contributed by atoms with Crippen LogP contribution in [0.15, 0.2) is 48.5 Å². The van der Waals surface area contributed by atoms with E-state index in [1.807, 2.05) is 35.2 Å². The van der Waals surface area contributed by atoms with Gasteiger partial charge in [0.25, 0.3) is 0 Å². The Morgan fingerprint density at radius 1 is 1.12 bits per heavy atom. The van der Waals surface area contributed by atoms with Crippen LogP contribution in [0.25, 0.3) is 0 Å². The van der Waals surface area contributed by atoms with E-state index in [9.17, 15) is 4.79 Å². The fourth-order valence-electron chi connectivity index (χ4n) is 2.95. The van der Waals surface area contributed by atoms with Crippen LogP contribution in [0.5, 0.6) is 5.75 Å². The van der Waals surface area contributed by atoms with Gasteiger partial charge in [0.05, 0.1) is 7.11 Å². The average Bonchev–Trinajstić information content (AvgIpc) is 2.63. The van der Waals surface area contributed by atoms with Crippen LogP contribution in [0.4, 0.5) is 10.5 Å². The normalized spacial score (nSPS) is 15.0. The van der Waals surface area contributed by atoms with E-state index >= 15 is 0 Å². The highest BCUT2D eigenvalue weighted by molar-refractivity contribution is 6.30. The van der Waals surface area contributed by atoms with Gasteiger partial charge in [0.2, 0.25) is 0 Å². The number of halogens is 1. The lowest BCUT2D eigenvalue weighted by Gasteiger charge is -2.34. The molecular weight excluding hydrogens is 338 g/mol. The molecule has 3 rings (SSSR count). The first kappa shape index (κ1) is 17.6. The molecule has 0 spiro atoms. The highest BCUT2D eigenvalue weighted by Gasteiger charge is 2.21. The minimum Gasteiger partial charge on any atom is -0.496 e. The van der Waals surface area contributed by atoms with Crippen molar-refractivity contribution in [1.82, 2.24) is 9.80 Å². The molecule has 1 fully saturated rings. The zero-order chi connectivity index (χ0) is 17.6. The van der Waals surface area contributed by atoms with Crippen LogP contribution in [0, 0.1) is 0 Å². The van der Waals surface area contributed by atoms with E-state index in [0.717, 1.165) is 25.4 Å². The van der Waals surface area contributed by atoms with Crippen molar-refractivity contribution in [1.29, 1.82) is 0 Å². The summed E-state index contributed by atoms with van der Waals surface area (Å²) in [5.41, 5.74) is 1.88. The van der Waals surface area contributed by atoms with Crippen LogP contribution < -0.4 is 10.1 Å². The molecule has 1 aliphatic heterocycles. The van der Waals surface area contributed by atoms with Gasteiger partial charge in [-0.25, -0.2) is 4.79 Å². The van der Waals surface area contributed by atoms with Crippen molar-refractivity contribution in [3.63, 3.8) is 0 Å². The molecule has 6 heteroatoms. The third-order valence-corrected chi connectivity index (χ3v) is 4.56. The van der Waals surface area contributed by atoms with E-state index in [1.165, 1.54) is 5.56 Å². The van der Waals surface area contributed by atoms with Gasteiger partial charge in [0.15, 0.2) is 0 Å². The van der Waals surface area contributed by atoms with Crippen molar-refractivity contribution >= 4 is 23.3 Å². The molecule has 1 N–H and O–H groups in total. The van der Waals surface area contributed by atoms with Gasteiger partial charge in [-0.05, 0) is 24.3 Å². The summed E-state index contributed by atoms with van der Waals surface area (Å²) in [5.74, 6) is 0.906. The number of anilines is 1. The number of piperazine rings is 1. The Bertz CT molecular complexity index is 730. The van der Waals surface area contributed by atoms with Gasteiger partial charge in [-0.15, -0.1) is 0 Å². The first-order valence-electron chi connectivity index (χ1n) is 8.31. The number of carbonyl (C=O) groups is 1. The maximum Gasteiger partial charge on any atom is 0.321 e. The fourth-order valence-corrected chi connectivity index (χ4v) is 3.14. The van der Waals surface area contributed by atoms with Gasteiger partial charge in [0.1, 0.15) is 5.75 Å². The van der Waals surface area contributed by atoms with Gasteiger partial charge in [-0.3, -0.25) is 4.90 Å². The quantitative estimate of drug-likeness (QED) is 0.905. The van der Waals surface area contributed by atoms with E-state index in [4.69, 9.17) is 16.3 Å². The van der Waals surface area contributed by atoms with Crippen LogP contribution in [-0.4, -0.2) is 49.1 Å². The maximum atomic E-state index is 12.4. The van der Waals surface area contributed by atoms with Crippen molar-refractivity contribution < 1.29 is 9.53 Å². The fraction of sp³-hybridized carbons (Fsp3) is 0.316. The van der Waals surface area contributed by atoms with Gasteiger partial charge >= 0.3 is 6.03 Å². The minimum absolute atomic E-state index is 0.0841. The number of rotatable bonds is 4. The summed E-state index contributed by atoms with van der Waals surface area (Å²) in [6, 6.07) is 15.2. The standard InChI is InChI=1S/C19H22ClN3O2/c1-25-18-8-3-2-5-15(18)14-22-9-11-23(12-10-22)19(24)21-17-7-4-6-16(20)13-17/h2-8,13H,9-12,14H2,1H3,(H,21,24). The number of carbonyl (C=O) groups excluding carboxylic acids is 1. The molecule has 5 nitrogen and oxygen atoms in total. The van der Waals surface area contributed by atoms with Crippen molar-refractivity contribution in [2.75, 3.05) is 38.6 Å². The van der Waals surface area contributed by atoms with Gasteiger partial charge in [-0.2, -0.15) is 0 Å². The van der Waals surface area contributed by atoms with Crippen molar-refractivity contribution in [2.45, 2.75) is 6.54 Å². The molecule has 2 aromatic rings. The molecule has 2 aromatic carbocycles. The van der Waals surface area contributed by atoms with Crippen molar-refractivity contribution in [2.24, 2.45) is 0 Å². The number of benzene rings is 2. The number of hydrogen-bond acceptors (Lipinski definition) is 3. The Hall–Kier alpha value is -2.24. The van der Waals surface area contributed by atoms with Crippen LogP contribution in [0.1, 0.15) is 5.56 Å².